The number of carbonyl (C=O) groups excluding carboxylic acids is 2. The molecule has 0 radical (unpaired) electrons. The van der Waals surface area contributed by atoms with Gasteiger partial charge in [0, 0.05) is 24.0 Å². The van der Waals surface area contributed by atoms with Crippen molar-refractivity contribution in [2.45, 2.75) is 57.4 Å². The number of amides is 1. The van der Waals surface area contributed by atoms with Crippen LogP contribution in [0.15, 0.2) is 41.1 Å². The number of likely N-dealkylation sites (tertiary alicyclic amines) is 1. The van der Waals surface area contributed by atoms with E-state index in [1.165, 1.54) is 18.4 Å². The molecule has 10 heteroatoms. The number of carbonyl (C=O) groups is 2. The van der Waals surface area contributed by atoms with E-state index in [1.807, 2.05) is 0 Å². The lowest BCUT2D eigenvalue weighted by Crippen LogP contribution is -2.36. The molecular weight excluding hydrogens is 509 g/mol. The second-order valence-corrected chi connectivity index (χ2v) is 11.1. The van der Waals surface area contributed by atoms with E-state index in [9.17, 15) is 14.0 Å². The third-order valence-electron chi connectivity index (χ3n) is 8.05. The molecule has 1 saturated heterocycles. The molecule has 3 heterocycles. The van der Waals surface area contributed by atoms with Crippen molar-refractivity contribution in [3.8, 4) is 11.3 Å². The Hall–Kier alpha value is -3.04. The van der Waals surface area contributed by atoms with Gasteiger partial charge in [-0.3, -0.25) is 9.59 Å². The van der Waals surface area contributed by atoms with E-state index in [-0.39, 0.29) is 34.9 Å². The zero-order valence-corrected chi connectivity index (χ0v) is 22.3. The Bertz CT molecular complexity index is 1250. The predicted molar refractivity (Wildman–Crippen MR) is 141 cm³/mol. The van der Waals surface area contributed by atoms with Crippen LogP contribution >= 0.6 is 11.6 Å². The Morgan fingerprint density at radius 1 is 1.21 bits per heavy atom. The number of nitrogens with one attached hydrogen (secondary N) is 2. The van der Waals surface area contributed by atoms with Gasteiger partial charge in [-0.2, -0.15) is 0 Å². The molecule has 0 bridgehead atoms. The Morgan fingerprint density at radius 3 is 2.68 bits per heavy atom. The fourth-order valence-electron chi connectivity index (χ4n) is 5.51. The van der Waals surface area contributed by atoms with Crippen molar-refractivity contribution in [3.63, 3.8) is 0 Å². The maximum Gasteiger partial charge on any atom is 0.224 e. The molecule has 38 heavy (non-hydrogen) atoms. The van der Waals surface area contributed by atoms with E-state index in [0.717, 1.165) is 45.2 Å². The summed E-state index contributed by atoms with van der Waals surface area (Å²) in [5.74, 6) is 0.305. The SMILES string of the molecule is CN1CCC2(CC1)C[C@@H]2C(=O)NC(CCCCCC(=O)c1ccon1)c1nc(-c2ccc(F)cc2)c(Cl)[nH]1. The second-order valence-electron chi connectivity index (χ2n) is 10.7. The smallest absolute Gasteiger partial charge is 0.224 e. The lowest BCUT2D eigenvalue weighted by molar-refractivity contribution is -0.124. The van der Waals surface area contributed by atoms with Crippen LogP contribution in [0.2, 0.25) is 5.15 Å². The van der Waals surface area contributed by atoms with Gasteiger partial charge in [0.15, 0.2) is 5.78 Å². The van der Waals surface area contributed by atoms with Crippen LogP contribution < -0.4 is 5.32 Å². The third-order valence-corrected chi connectivity index (χ3v) is 8.32. The van der Waals surface area contributed by atoms with E-state index in [0.29, 0.717) is 47.2 Å². The summed E-state index contributed by atoms with van der Waals surface area (Å²) in [6.07, 6.45) is 7.79. The van der Waals surface area contributed by atoms with Crippen LogP contribution in [0.4, 0.5) is 4.39 Å². The average Bonchev–Trinajstić information content (AvgIpc) is 3.22. The highest BCUT2D eigenvalue weighted by molar-refractivity contribution is 6.31. The van der Waals surface area contributed by atoms with Crippen LogP contribution in [-0.4, -0.2) is 51.9 Å². The number of imidazole rings is 1. The van der Waals surface area contributed by atoms with Gasteiger partial charge in [0.25, 0.3) is 0 Å². The van der Waals surface area contributed by atoms with E-state index in [2.05, 4.69) is 27.4 Å². The van der Waals surface area contributed by atoms with E-state index in [1.54, 1.807) is 18.2 Å². The standard InChI is InChI=1S/C28H33ClFN5O3/c1-35-14-12-28(13-15-35)17-20(28)27(37)31-22(5-3-2-4-6-23(36)21-11-16-38-34-21)26-32-24(25(29)33-26)18-7-9-19(30)10-8-18/h7-11,16,20,22H,2-6,12-15,17H2,1H3,(H,31,37)(H,32,33)/t20-,22?/m1/s1. The van der Waals surface area contributed by atoms with Crippen LogP contribution in [0, 0.1) is 17.2 Å². The first-order valence-electron chi connectivity index (χ1n) is 13.3. The highest BCUT2D eigenvalue weighted by Gasteiger charge is 2.58. The number of hydrogen-bond acceptors (Lipinski definition) is 6. The third kappa shape index (κ3) is 5.99. The lowest BCUT2D eigenvalue weighted by atomic mass is 9.91. The number of halogens is 2. The van der Waals surface area contributed by atoms with Crippen LogP contribution in [-0.2, 0) is 4.79 Å². The van der Waals surface area contributed by atoms with Gasteiger partial charge in [-0.25, -0.2) is 9.37 Å². The Balaban J connectivity index is 1.24. The molecule has 2 atom stereocenters. The number of unbranched alkanes of at least 4 members (excludes halogenated alkanes) is 2. The number of benzene rings is 1. The maximum absolute atomic E-state index is 13.4. The minimum atomic E-state index is -0.343. The summed E-state index contributed by atoms with van der Waals surface area (Å²) in [6.45, 7) is 2.05. The molecule has 1 aliphatic heterocycles. The number of hydrogen-bond donors (Lipinski definition) is 2. The number of H-pyrrole nitrogens is 1. The van der Waals surface area contributed by atoms with Gasteiger partial charge in [-0.05, 0) is 81.9 Å². The summed E-state index contributed by atoms with van der Waals surface area (Å²) in [4.78, 5) is 35.7. The van der Waals surface area contributed by atoms with Gasteiger partial charge < -0.3 is 19.7 Å². The molecule has 1 unspecified atom stereocenters. The van der Waals surface area contributed by atoms with Crippen molar-refractivity contribution in [3.05, 3.63) is 59.1 Å². The molecule has 1 aromatic carbocycles. The first-order valence-corrected chi connectivity index (χ1v) is 13.7. The first-order chi connectivity index (χ1) is 18.3. The zero-order chi connectivity index (χ0) is 26.7. The van der Waals surface area contributed by atoms with Crippen LogP contribution in [0.5, 0.6) is 0 Å². The molecule has 1 amide bonds. The average molecular weight is 542 g/mol. The predicted octanol–water partition coefficient (Wildman–Crippen LogP) is 5.58. The Kier molecular flexibility index (Phi) is 7.95. The van der Waals surface area contributed by atoms with Crippen LogP contribution in [0.3, 0.4) is 0 Å². The van der Waals surface area contributed by atoms with Crippen LogP contribution in [0.1, 0.15) is 73.7 Å². The zero-order valence-electron chi connectivity index (χ0n) is 21.5. The molecular formula is C28H33ClFN5O3. The number of rotatable bonds is 11. The Morgan fingerprint density at radius 2 is 1.97 bits per heavy atom. The quantitative estimate of drug-likeness (QED) is 0.242. The fraction of sp³-hybridized carbons (Fsp3) is 0.500. The fourth-order valence-corrected chi connectivity index (χ4v) is 5.76. The van der Waals surface area contributed by atoms with Gasteiger partial charge in [0.2, 0.25) is 5.91 Å². The van der Waals surface area contributed by atoms with Gasteiger partial charge in [-0.1, -0.05) is 29.6 Å². The largest absolute Gasteiger partial charge is 0.364 e. The molecule has 2 aromatic heterocycles. The number of piperidine rings is 1. The molecule has 8 nitrogen and oxygen atoms in total. The van der Waals surface area contributed by atoms with Crippen molar-refractivity contribution in [1.29, 1.82) is 0 Å². The number of Topliss-reactive ketones (excluding diaryl/α,β-unsaturated/α-hetero) is 1. The van der Waals surface area contributed by atoms with Gasteiger partial charge in [0.1, 0.15) is 34.4 Å². The van der Waals surface area contributed by atoms with Gasteiger partial charge in [0.05, 0.1) is 6.04 Å². The molecule has 2 N–H and O–H groups in total. The van der Waals surface area contributed by atoms with Crippen molar-refractivity contribution in [2.75, 3.05) is 20.1 Å². The normalized spacial score (nSPS) is 19.4. The van der Waals surface area contributed by atoms with Gasteiger partial charge >= 0.3 is 0 Å². The van der Waals surface area contributed by atoms with Crippen LogP contribution in [0.25, 0.3) is 11.3 Å². The van der Waals surface area contributed by atoms with E-state index >= 15 is 0 Å². The molecule has 5 rings (SSSR count). The summed E-state index contributed by atoms with van der Waals surface area (Å²) in [5, 5.41) is 7.29. The monoisotopic (exact) mass is 541 g/mol. The highest BCUT2D eigenvalue weighted by atomic mass is 35.5. The topological polar surface area (TPSA) is 104 Å². The van der Waals surface area contributed by atoms with Crippen molar-refractivity contribution in [2.24, 2.45) is 11.3 Å². The van der Waals surface area contributed by atoms with E-state index in [4.69, 9.17) is 21.1 Å². The summed E-state index contributed by atoms with van der Waals surface area (Å²) in [5.41, 5.74) is 1.70. The Labute approximate surface area is 226 Å². The molecule has 2 aliphatic rings. The number of aromatic amines is 1. The molecule has 202 valence electrons. The van der Waals surface area contributed by atoms with Crippen molar-refractivity contribution < 1.29 is 18.5 Å². The summed E-state index contributed by atoms with van der Waals surface area (Å²) in [6, 6.07) is 7.23. The summed E-state index contributed by atoms with van der Waals surface area (Å²) in [7, 11) is 2.12. The first kappa shape index (κ1) is 26.6. The van der Waals surface area contributed by atoms with Gasteiger partial charge in [-0.15, -0.1) is 0 Å². The van der Waals surface area contributed by atoms with Crippen molar-refractivity contribution in [1.82, 2.24) is 25.3 Å². The molecule has 1 spiro atoms. The number of nitrogens with zero attached hydrogens (tertiary/aromatic N) is 3. The molecule has 2 fully saturated rings. The number of aromatic nitrogens is 3. The maximum atomic E-state index is 13.4. The minimum Gasteiger partial charge on any atom is -0.364 e. The number of ketones is 1. The highest BCUT2D eigenvalue weighted by Crippen LogP contribution is 2.59. The van der Waals surface area contributed by atoms with Crippen molar-refractivity contribution >= 4 is 23.3 Å². The van der Waals surface area contributed by atoms with E-state index < -0.39 is 0 Å². The molecule has 1 saturated carbocycles. The summed E-state index contributed by atoms with van der Waals surface area (Å²) >= 11 is 6.49. The molecule has 3 aromatic rings. The minimum absolute atomic E-state index is 0.0285. The summed E-state index contributed by atoms with van der Waals surface area (Å²) < 4.78 is 18.2. The lowest BCUT2D eigenvalue weighted by Gasteiger charge is -2.30. The molecule has 1 aliphatic carbocycles. The second kappa shape index (κ2) is 11.4.